The fraction of sp³-hybridized carbons (Fsp3) is 0.143. The predicted molar refractivity (Wildman–Crippen MR) is 75.1 cm³/mol. The van der Waals surface area contributed by atoms with Crippen LogP contribution in [0.25, 0.3) is 0 Å². The zero-order valence-corrected chi connectivity index (χ0v) is 11.2. The lowest BCUT2D eigenvalue weighted by Gasteiger charge is -2.06. The summed E-state index contributed by atoms with van der Waals surface area (Å²) in [5.74, 6) is -0.464. The van der Waals surface area contributed by atoms with E-state index in [9.17, 15) is 14.5 Å². The number of para-hydroxylation sites is 1. The van der Waals surface area contributed by atoms with Crippen molar-refractivity contribution in [2.24, 2.45) is 0 Å². The largest absolute Gasteiger partial charge is 0.308 e. The second-order valence-corrected chi connectivity index (χ2v) is 4.65. The van der Waals surface area contributed by atoms with Gasteiger partial charge in [-0.15, -0.1) is 0 Å². The Balaban J connectivity index is 1.99. The summed E-state index contributed by atoms with van der Waals surface area (Å²) < 4.78 is 13.0. The predicted octanol–water partition coefficient (Wildman–Crippen LogP) is 3.68. The van der Waals surface area contributed by atoms with Crippen LogP contribution in [0.15, 0.2) is 42.5 Å². The first-order valence-corrected chi connectivity index (χ1v) is 6.32. The van der Waals surface area contributed by atoms with Crippen LogP contribution < -0.4 is 5.32 Å². The number of hydrogen-bond donors (Lipinski definition) is 1. The number of nitrogens with zero attached hydrogens (tertiary/aromatic N) is 1. The molecule has 0 fully saturated rings. The van der Waals surface area contributed by atoms with Crippen LogP contribution in [0.2, 0.25) is 5.02 Å². The topological polar surface area (TPSA) is 55.2 Å². The summed E-state index contributed by atoms with van der Waals surface area (Å²) in [5, 5.41) is 14.0. The van der Waals surface area contributed by atoms with Crippen molar-refractivity contribution < 1.29 is 9.31 Å². The Bertz CT molecular complexity index is 634. The van der Waals surface area contributed by atoms with Crippen molar-refractivity contribution in [2.75, 3.05) is 0 Å². The second-order valence-electron chi connectivity index (χ2n) is 4.24. The van der Waals surface area contributed by atoms with E-state index in [2.05, 4.69) is 5.32 Å². The van der Waals surface area contributed by atoms with Crippen LogP contribution in [0.3, 0.4) is 0 Å². The number of rotatable bonds is 5. The van der Waals surface area contributed by atoms with Gasteiger partial charge in [0, 0.05) is 24.7 Å². The Kier molecular flexibility index (Phi) is 4.65. The van der Waals surface area contributed by atoms with E-state index in [4.69, 9.17) is 11.6 Å². The van der Waals surface area contributed by atoms with E-state index in [0.717, 1.165) is 5.56 Å². The molecule has 0 aliphatic rings. The SMILES string of the molecule is O=[N+]([O-])c1ccccc1CNCc1ccc(F)c(Cl)c1. The van der Waals surface area contributed by atoms with Gasteiger partial charge in [0.2, 0.25) is 0 Å². The Labute approximate surface area is 120 Å². The summed E-state index contributed by atoms with van der Waals surface area (Å²) in [6, 6.07) is 11.0. The minimum absolute atomic E-state index is 0.0648. The molecule has 6 heteroatoms. The van der Waals surface area contributed by atoms with E-state index < -0.39 is 10.7 Å². The molecule has 2 aromatic carbocycles. The number of nitro benzene ring substituents is 1. The molecule has 0 aromatic heterocycles. The Hall–Kier alpha value is -1.98. The van der Waals surface area contributed by atoms with Crippen molar-refractivity contribution in [3.8, 4) is 0 Å². The standard InChI is InChI=1S/C14H12ClFN2O2/c15-12-7-10(5-6-13(12)16)8-17-9-11-3-1-2-4-14(11)18(19)20/h1-7,17H,8-9H2. The average molecular weight is 295 g/mol. The Morgan fingerprint density at radius 3 is 2.65 bits per heavy atom. The van der Waals surface area contributed by atoms with E-state index in [0.29, 0.717) is 18.7 Å². The number of nitrogens with one attached hydrogen (secondary N) is 1. The smallest absolute Gasteiger partial charge is 0.273 e. The van der Waals surface area contributed by atoms with Crippen molar-refractivity contribution in [1.82, 2.24) is 5.32 Å². The molecule has 0 unspecified atom stereocenters. The number of halogens is 2. The lowest BCUT2D eigenvalue weighted by atomic mass is 10.1. The van der Waals surface area contributed by atoms with Gasteiger partial charge in [-0.1, -0.05) is 35.9 Å². The molecule has 0 amide bonds. The first-order chi connectivity index (χ1) is 9.58. The molecular weight excluding hydrogens is 283 g/mol. The highest BCUT2D eigenvalue weighted by Gasteiger charge is 2.11. The molecule has 0 bridgehead atoms. The van der Waals surface area contributed by atoms with E-state index in [1.165, 1.54) is 18.2 Å². The minimum Gasteiger partial charge on any atom is -0.308 e. The van der Waals surface area contributed by atoms with E-state index in [1.54, 1.807) is 24.3 Å². The second kappa shape index (κ2) is 6.45. The molecular formula is C14H12ClFN2O2. The van der Waals surface area contributed by atoms with Gasteiger partial charge >= 0.3 is 0 Å². The summed E-state index contributed by atoms with van der Waals surface area (Å²) in [4.78, 5) is 10.4. The van der Waals surface area contributed by atoms with Gasteiger partial charge in [-0.05, 0) is 17.7 Å². The molecule has 2 aromatic rings. The maximum Gasteiger partial charge on any atom is 0.273 e. The van der Waals surface area contributed by atoms with Gasteiger partial charge in [-0.25, -0.2) is 4.39 Å². The van der Waals surface area contributed by atoms with Gasteiger partial charge in [0.05, 0.1) is 9.95 Å². The molecule has 20 heavy (non-hydrogen) atoms. The highest BCUT2D eigenvalue weighted by atomic mass is 35.5. The first-order valence-electron chi connectivity index (χ1n) is 5.95. The van der Waals surface area contributed by atoms with Crippen LogP contribution in [0, 0.1) is 15.9 Å². The maximum atomic E-state index is 13.0. The maximum absolute atomic E-state index is 13.0. The third-order valence-electron chi connectivity index (χ3n) is 2.82. The Morgan fingerprint density at radius 2 is 1.95 bits per heavy atom. The highest BCUT2D eigenvalue weighted by Crippen LogP contribution is 2.18. The van der Waals surface area contributed by atoms with Crippen molar-refractivity contribution in [2.45, 2.75) is 13.1 Å². The normalized spacial score (nSPS) is 10.5. The molecule has 0 atom stereocenters. The van der Waals surface area contributed by atoms with Crippen LogP contribution in [-0.4, -0.2) is 4.92 Å². The lowest BCUT2D eigenvalue weighted by Crippen LogP contribution is -2.13. The molecule has 0 saturated heterocycles. The monoisotopic (exact) mass is 294 g/mol. The van der Waals surface area contributed by atoms with Crippen LogP contribution >= 0.6 is 11.6 Å². The van der Waals surface area contributed by atoms with Gasteiger partial charge in [-0.2, -0.15) is 0 Å². The van der Waals surface area contributed by atoms with Gasteiger partial charge in [-0.3, -0.25) is 10.1 Å². The fourth-order valence-electron chi connectivity index (χ4n) is 1.83. The van der Waals surface area contributed by atoms with Gasteiger partial charge < -0.3 is 5.32 Å². The highest BCUT2D eigenvalue weighted by molar-refractivity contribution is 6.30. The van der Waals surface area contributed by atoms with Crippen molar-refractivity contribution >= 4 is 17.3 Å². The summed E-state index contributed by atoms with van der Waals surface area (Å²) in [5.41, 5.74) is 1.50. The van der Waals surface area contributed by atoms with Crippen LogP contribution in [-0.2, 0) is 13.1 Å². The third-order valence-corrected chi connectivity index (χ3v) is 3.11. The molecule has 0 aliphatic carbocycles. The quantitative estimate of drug-likeness (QED) is 0.676. The minimum atomic E-state index is -0.464. The molecule has 2 rings (SSSR count). The number of benzene rings is 2. The number of hydrogen-bond acceptors (Lipinski definition) is 3. The molecule has 0 radical (unpaired) electrons. The van der Waals surface area contributed by atoms with Crippen LogP contribution in [0.4, 0.5) is 10.1 Å². The zero-order valence-electron chi connectivity index (χ0n) is 10.5. The van der Waals surface area contributed by atoms with E-state index in [1.807, 2.05) is 0 Å². The van der Waals surface area contributed by atoms with E-state index in [-0.39, 0.29) is 10.7 Å². The number of nitro groups is 1. The molecule has 0 aliphatic heterocycles. The fourth-order valence-corrected chi connectivity index (χ4v) is 2.03. The van der Waals surface area contributed by atoms with Crippen molar-refractivity contribution in [1.29, 1.82) is 0 Å². The van der Waals surface area contributed by atoms with Crippen molar-refractivity contribution in [3.05, 3.63) is 74.5 Å². The molecule has 0 heterocycles. The Morgan fingerprint density at radius 1 is 1.20 bits per heavy atom. The van der Waals surface area contributed by atoms with E-state index >= 15 is 0 Å². The molecule has 104 valence electrons. The van der Waals surface area contributed by atoms with Crippen LogP contribution in [0.1, 0.15) is 11.1 Å². The molecule has 0 saturated carbocycles. The first kappa shape index (κ1) is 14.4. The van der Waals surface area contributed by atoms with Crippen LogP contribution in [0.5, 0.6) is 0 Å². The summed E-state index contributed by atoms with van der Waals surface area (Å²) >= 11 is 5.68. The average Bonchev–Trinajstić information content (AvgIpc) is 2.43. The van der Waals surface area contributed by atoms with Gasteiger partial charge in [0.1, 0.15) is 5.82 Å². The van der Waals surface area contributed by atoms with Gasteiger partial charge in [0.15, 0.2) is 0 Å². The lowest BCUT2D eigenvalue weighted by molar-refractivity contribution is -0.385. The third kappa shape index (κ3) is 3.53. The summed E-state index contributed by atoms with van der Waals surface area (Å²) in [6.07, 6.45) is 0. The summed E-state index contributed by atoms with van der Waals surface area (Å²) in [7, 11) is 0. The molecule has 4 nitrogen and oxygen atoms in total. The van der Waals surface area contributed by atoms with Crippen molar-refractivity contribution in [3.63, 3.8) is 0 Å². The van der Waals surface area contributed by atoms with Gasteiger partial charge in [0.25, 0.3) is 5.69 Å². The summed E-state index contributed by atoms with van der Waals surface area (Å²) in [6.45, 7) is 0.804. The molecule has 0 spiro atoms. The zero-order chi connectivity index (χ0) is 14.5. The molecule has 1 N–H and O–H groups in total.